The number of carbonyl (C=O) groups is 3. The quantitative estimate of drug-likeness (QED) is 0.325. The molecule has 2 aromatic carbocycles. The van der Waals surface area contributed by atoms with Gasteiger partial charge >= 0.3 is 0 Å². The van der Waals surface area contributed by atoms with Gasteiger partial charge in [-0.2, -0.15) is 5.26 Å². The van der Waals surface area contributed by atoms with Gasteiger partial charge in [-0.15, -0.1) is 11.8 Å². The Balaban J connectivity index is 1.63. The van der Waals surface area contributed by atoms with Crippen molar-refractivity contribution in [3.05, 3.63) is 77.4 Å². The predicted octanol–water partition coefficient (Wildman–Crippen LogP) is 5.48. The molecule has 0 radical (unpaired) electrons. The van der Waals surface area contributed by atoms with Crippen molar-refractivity contribution in [2.75, 3.05) is 16.1 Å². The number of anilines is 2. The number of thioether (sulfide) groups is 1. The Morgan fingerprint density at radius 2 is 1.89 bits per heavy atom. The molecule has 1 aromatic heterocycles. The first-order valence-electron chi connectivity index (χ1n) is 14.5. The van der Waals surface area contributed by atoms with E-state index in [1.165, 1.54) is 35.0 Å². The van der Waals surface area contributed by atoms with E-state index in [0.29, 0.717) is 16.0 Å². The van der Waals surface area contributed by atoms with E-state index >= 15 is 4.39 Å². The van der Waals surface area contributed by atoms with E-state index in [9.17, 15) is 28.4 Å². The number of benzene rings is 2. The predicted molar refractivity (Wildman–Crippen MR) is 162 cm³/mol. The minimum atomic E-state index is -2.81. The maximum Gasteiger partial charge on any atom is 0.251 e. The minimum Gasteiger partial charge on any atom is -0.351 e. The molecule has 1 aliphatic heterocycles. The molecule has 1 saturated heterocycles. The molecule has 2 atom stereocenters. The molecule has 2 fully saturated rings. The number of nitrogens with zero attached hydrogens (tertiary/aromatic N) is 5. The summed E-state index contributed by atoms with van der Waals surface area (Å²) in [6, 6.07) is 11.1. The van der Waals surface area contributed by atoms with Gasteiger partial charge in [0, 0.05) is 42.1 Å². The lowest BCUT2D eigenvalue weighted by Gasteiger charge is -2.37. The molecule has 2 heterocycles. The van der Waals surface area contributed by atoms with Gasteiger partial charge in [0.05, 0.1) is 0 Å². The summed E-state index contributed by atoms with van der Waals surface area (Å²) in [4.78, 5) is 53.2. The second kappa shape index (κ2) is 13.3. The van der Waals surface area contributed by atoms with Gasteiger partial charge in [-0.1, -0.05) is 24.3 Å². The first-order chi connectivity index (χ1) is 21.5. The normalized spacial score (nSPS) is 18.7. The molecule has 0 bridgehead atoms. The highest BCUT2D eigenvalue weighted by Crippen LogP contribution is 2.37. The van der Waals surface area contributed by atoms with Crippen LogP contribution in [0.25, 0.3) is 0 Å². The fourth-order valence-electron chi connectivity index (χ4n) is 5.82. The number of nitriles is 1. The molecule has 1 N–H and O–H groups in total. The third kappa shape index (κ3) is 6.96. The summed E-state index contributed by atoms with van der Waals surface area (Å²) in [6.45, 7) is 1.77. The van der Waals surface area contributed by atoms with E-state index < -0.39 is 47.6 Å². The zero-order chi connectivity index (χ0) is 32.3. The lowest BCUT2D eigenvalue weighted by Crippen LogP contribution is -2.53. The number of rotatable bonds is 8. The molecule has 9 nitrogen and oxygen atoms in total. The molecule has 234 valence electrons. The van der Waals surface area contributed by atoms with E-state index in [4.69, 9.17) is 0 Å². The monoisotopic (exact) mass is 636 g/mol. The number of halogens is 3. The van der Waals surface area contributed by atoms with Crippen LogP contribution in [0.15, 0.2) is 59.6 Å². The SMILES string of the molecule is CSc1cc(F)cc(N(C(=O)[C@@H]2CCC(=O)N2c2nccc(C#N)n2)[C@H](C(=O)NC2CCC(F)(F)CC2)c2ccccc2C)c1. The molecular formula is C32H31F3N6O3S. The van der Waals surface area contributed by atoms with Gasteiger partial charge in [0.25, 0.3) is 5.91 Å². The van der Waals surface area contributed by atoms with Gasteiger partial charge in [0.15, 0.2) is 0 Å². The fraction of sp³-hybridized carbons (Fsp3) is 0.375. The van der Waals surface area contributed by atoms with E-state index in [2.05, 4.69) is 15.3 Å². The first-order valence-corrected chi connectivity index (χ1v) is 15.7. The summed E-state index contributed by atoms with van der Waals surface area (Å²) >= 11 is 1.24. The number of carbonyl (C=O) groups excluding carboxylic acids is 3. The summed E-state index contributed by atoms with van der Waals surface area (Å²) in [6.07, 6.45) is 2.43. The number of hydrogen-bond acceptors (Lipinski definition) is 7. The van der Waals surface area contributed by atoms with Crippen molar-refractivity contribution in [3.63, 3.8) is 0 Å². The molecular weight excluding hydrogens is 605 g/mol. The van der Waals surface area contributed by atoms with Crippen molar-refractivity contribution in [1.29, 1.82) is 5.26 Å². The van der Waals surface area contributed by atoms with E-state index in [0.717, 1.165) is 11.0 Å². The van der Waals surface area contributed by atoms with Crippen molar-refractivity contribution in [2.24, 2.45) is 0 Å². The number of hydrogen-bond donors (Lipinski definition) is 1. The summed E-state index contributed by atoms with van der Waals surface area (Å²) in [7, 11) is 0. The molecule has 3 amide bonds. The number of alkyl halides is 2. The Morgan fingerprint density at radius 1 is 1.16 bits per heavy atom. The highest BCUT2D eigenvalue weighted by atomic mass is 32.2. The van der Waals surface area contributed by atoms with Crippen molar-refractivity contribution < 1.29 is 27.6 Å². The van der Waals surface area contributed by atoms with Crippen LogP contribution in [0.5, 0.6) is 0 Å². The van der Waals surface area contributed by atoms with Gasteiger partial charge in [0.1, 0.15) is 29.7 Å². The Hall–Kier alpha value is -4.44. The van der Waals surface area contributed by atoms with Crippen molar-refractivity contribution in [1.82, 2.24) is 15.3 Å². The van der Waals surface area contributed by atoms with Crippen LogP contribution in [0.2, 0.25) is 0 Å². The molecule has 3 aromatic rings. The minimum absolute atomic E-state index is 0.00674. The largest absolute Gasteiger partial charge is 0.351 e. The number of amides is 3. The standard InChI is InChI=1S/C32H31F3N6O3S/c1-19-5-3-4-6-25(19)28(29(43)38-21-9-12-32(34,35)13-10-21)40(23-15-20(33)16-24(17-23)45-2)30(44)26-7-8-27(42)41(26)31-37-14-11-22(18-36)39-31/h3-6,11,14-17,21,26,28H,7-10,12-13H2,1-2H3,(H,38,43)/t26-,28-/m0/s1. The van der Waals surface area contributed by atoms with Gasteiger partial charge in [-0.25, -0.2) is 23.1 Å². The highest BCUT2D eigenvalue weighted by molar-refractivity contribution is 7.98. The van der Waals surface area contributed by atoms with Gasteiger partial charge in [-0.05, 0) is 67.8 Å². The third-order valence-corrected chi connectivity index (χ3v) is 8.84. The van der Waals surface area contributed by atoms with Crippen LogP contribution in [0.1, 0.15) is 61.4 Å². The fourth-order valence-corrected chi connectivity index (χ4v) is 6.29. The zero-order valence-corrected chi connectivity index (χ0v) is 25.5. The Morgan fingerprint density at radius 3 is 2.58 bits per heavy atom. The van der Waals surface area contributed by atoms with Crippen LogP contribution < -0.4 is 15.1 Å². The van der Waals surface area contributed by atoms with Crippen LogP contribution in [0.4, 0.5) is 24.8 Å². The lowest BCUT2D eigenvalue weighted by molar-refractivity contribution is -0.128. The molecule has 5 rings (SSSR count). The van der Waals surface area contributed by atoms with Crippen LogP contribution in [-0.4, -0.2) is 52.0 Å². The van der Waals surface area contributed by atoms with E-state index in [-0.39, 0.29) is 55.9 Å². The summed E-state index contributed by atoms with van der Waals surface area (Å²) < 4.78 is 42.9. The Labute approximate surface area is 262 Å². The molecule has 0 unspecified atom stereocenters. The lowest BCUT2D eigenvalue weighted by atomic mass is 9.91. The van der Waals surface area contributed by atoms with Crippen molar-refractivity contribution in [2.45, 2.75) is 74.4 Å². The van der Waals surface area contributed by atoms with Gasteiger partial charge in [0.2, 0.25) is 23.7 Å². The van der Waals surface area contributed by atoms with Gasteiger partial charge < -0.3 is 5.32 Å². The smallest absolute Gasteiger partial charge is 0.251 e. The average molecular weight is 637 g/mol. The second-order valence-electron chi connectivity index (χ2n) is 11.1. The van der Waals surface area contributed by atoms with Crippen molar-refractivity contribution in [3.8, 4) is 6.07 Å². The Bertz CT molecular complexity index is 1660. The molecule has 45 heavy (non-hydrogen) atoms. The number of aromatic nitrogens is 2. The highest BCUT2D eigenvalue weighted by Gasteiger charge is 2.45. The topological polar surface area (TPSA) is 119 Å². The van der Waals surface area contributed by atoms with Crippen LogP contribution >= 0.6 is 11.8 Å². The maximum absolute atomic E-state index is 15.1. The number of aryl methyl sites for hydroxylation is 1. The van der Waals surface area contributed by atoms with E-state index in [1.807, 2.05) is 6.07 Å². The van der Waals surface area contributed by atoms with E-state index in [1.54, 1.807) is 43.5 Å². The maximum atomic E-state index is 15.1. The zero-order valence-electron chi connectivity index (χ0n) is 24.7. The number of nitrogens with one attached hydrogen (secondary N) is 1. The summed E-state index contributed by atoms with van der Waals surface area (Å²) in [5.41, 5.74) is 1.18. The molecule has 13 heteroatoms. The average Bonchev–Trinajstić information content (AvgIpc) is 3.41. The summed E-state index contributed by atoms with van der Waals surface area (Å²) in [5, 5.41) is 12.2. The first kappa shape index (κ1) is 32.0. The third-order valence-electron chi connectivity index (χ3n) is 8.13. The van der Waals surface area contributed by atoms with Gasteiger partial charge in [-0.3, -0.25) is 24.2 Å². The molecule has 0 spiro atoms. The Kier molecular flexibility index (Phi) is 9.43. The van der Waals surface area contributed by atoms with Crippen LogP contribution in [0, 0.1) is 24.1 Å². The molecule has 1 saturated carbocycles. The molecule has 1 aliphatic carbocycles. The second-order valence-corrected chi connectivity index (χ2v) is 12.0. The van der Waals surface area contributed by atoms with Crippen LogP contribution in [0.3, 0.4) is 0 Å². The molecule has 2 aliphatic rings. The van der Waals surface area contributed by atoms with Crippen molar-refractivity contribution >= 4 is 41.1 Å². The summed E-state index contributed by atoms with van der Waals surface area (Å²) in [5.74, 6) is -5.36. The van der Waals surface area contributed by atoms with Crippen LogP contribution in [-0.2, 0) is 14.4 Å².